The van der Waals surface area contributed by atoms with E-state index in [1.165, 1.54) is 50.1 Å². The average Bonchev–Trinajstić information content (AvgIpc) is 2.72. The van der Waals surface area contributed by atoms with Crippen molar-refractivity contribution in [2.75, 3.05) is 31.6 Å². The third kappa shape index (κ3) is 1.71. The lowest BCUT2D eigenvalue weighted by atomic mass is 9.89. The van der Waals surface area contributed by atoms with Crippen molar-refractivity contribution in [3.63, 3.8) is 0 Å². The van der Waals surface area contributed by atoms with E-state index in [4.69, 9.17) is 0 Å². The quantitative estimate of drug-likeness (QED) is 0.774. The molecule has 86 valence electrons. The summed E-state index contributed by atoms with van der Waals surface area (Å²) in [5, 5.41) is 3.44. The zero-order valence-corrected chi connectivity index (χ0v) is 10.00. The third-order valence-corrected chi connectivity index (χ3v) is 4.05. The minimum atomic E-state index is 0.778. The van der Waals surface area contributed by atoms with Crippen LogP contribution in [0.4, 0.5) is 5.69 Å². The molecule has 3 rings (SSSR count). The monoisotopic (exact) mass is 216 g/mol. The van der Waals surface area contributed by atoms with Crippen LogP contribution in [0.1, 0.15) is 29.9 Å². The molecule has 0 aliphatic carbocycles. The van der Waals surface area contributed by atoms with Gasteiger partial charge in [0.2, 0.25) is 0 Å². The van der Waals surface area contributed by atoms with Gasteiger partial charge in [0.15, 0.2) is 0 Å². The van der Waals surface area contributed by atoms with Crippen molar-refractivity contribution in [3.05, 3.63) is 29.3 Å². The number of anilines is 1. The molecule has 2 heteroatoms. The first-order chi connectivity index (χ1) is 7.84. The summed E-state index contributed by atoms with van der Waals surface area (Å²) in [6.45, 7) is 3.54. The van der Waals surface area contributed by atoms with Gasteiger partial charge in [0.05, 0.1) is 0 Å². The van der Waals surface area contributed by atoms with Gasteiger partial charge in [0.25, 0.3) is 0 Å². The molecule has 0 aromatic heterocycles. The minimum absolute atomic E-state index is 0.778. The van der Waals surface area contributed by atoms with Gasteiger partial charge in [0, 0.05) is 19.3 Å². The fraction of sp³-hybridized carbons (Fsp3) is 0.571. The van der Waals surface area contributed by atoms with Crippen LogP contribution in [-0.2, 0) is 6.42 Å². The Balaban J connectivity index is 1.88. The van der Waals surface area contributed by atoms with Gasteiger partial charge in [-0.25, -0.2) is 0 Å². The first-order valence-electron chi connectivity index (χ1n) is 6.39. The van der Waals surface area contributed by atoms with Gasteiger partial charge in [0.1, 0.15) is 0 Å². The summed E-state index contributed by atoms with van der Waals surface area (Å²) in [5.41, 5.74) is 4.55. The zero-order valence-electron chi connectivity index (χ0n) is 10.00. The first kappa shape index (κ1) is 10.2. The highest BCUT2D eigenvalue weighted by molar-refractivity contribution is 5.59. The molecule has 0 spiro atoms. The second-order valence-electron chi connectivity index (χ2n) is 5.08. The summed E-state index contributed by atoms with van der Waals surface area (Å²) in [6.07, 6.45) is 3.81. The highest BCUT2D eigenvalue weighted by atomic mass is 15.1. The summed E-state index contributed by atoms with van der Waals surface area (Å²) in [7, 11) is 2.21. The molecule has 1 saturated heterocycles. The number of fused-ring (bicyclic) bond motifs is 1. The van der Waals surface area contributed by atoms with Crippen molar-refractivity contribution in [3.8, 4) is 0 Å². The van der Waals surface area contributed by atoms with Gasteiger partial charge >= 0.3 is 0 Å². The number of benzene rings is 1. The van der Waals surface area contributed by atoms with E-state index >= 15 is 0 Å². The van der Waals surface area contributed by atoms with Gasteiger partial charge in [-0.3, -0.25) is 0 Å². The average molecular weight is 216 g/mol. The maximum Gasteiger partial charge on any atom is 0.0399 e. The largest absolute Gasteiger partial charge is 0.374 e. The van der Waals surface area contributed by atoms with Crippen molar-refractivity contribution in [1.82, 2.24) is 5.32 Å². The van der Waals surface area contributed by atoms with Crippen LogP contribution in [0.2, 0.25) is 0 Å². The maximum atomic E-state index is 3.44. The molecule has 2 heterocycles. The number of nitrogens with one attached hydrogen (secondary N) is 1. The molecule has 0 amide bonds. The van der Waals surface area contributed by atoms with Gasteiger partial charge in [-0.1, -0.05) is 12.1 Å². The Kier molecular flexibility index (Phi) is 2.60. The van der Waals surface area contributed by atoms with Gasteiger partial charge in [-0.15, -0.1) is 0 Å². The molecule has 2 nitrogen and oxygen atoms in total. The molecular formula is C14H20N2. The molecule has 1 aromatic carbocycles. The topological polar surface area (TPSA) is 15.3 Å². The van der Waals surface area contributed by atoms with E-state index in [0.717, 1.165) is 5.92 Å². The molecule has 1 fully saturated rings. The predicted octanol–water partition coefficient (Wildman–Crippen LogP) is 2.15. The number of rotatable bonds is 1. The Morgan fingerprint density at radius 1 is 1.25 bits per heavy atom. The summed E-state index contributed by atoms with van der Waals surface area (Å²) in [5.74, 6) is 0.778. The highest BCUT2D eigenvalue weighted by Gasteiger charge is 2.20. The normalized spacial score (nSPS) is 21.2. The minimum Gasteiger partial charge on any atom is -0.374 e. The highest BCUT2D eigenvalue weighted by Crippen LogP contribution is 2.33. The molecule has 1 aromatic rings. The molecule has 0 saturated carbocycles. The van der Waals surface area contributed by atoms with Crippen molar-refractivity contribution in [2.24, 2.45) is 0 Å². The number of hydrogen-bond donors (Lipinski definition) is 1. The molecule has 2 aliphatic rings. The van der Waals surface area contributed by atoms with Crippen LogP contribution >= 0.6 is 0 Å². The van der Waals surface area contributed by atoms with Crippen molar-refractivity contribution < 1.29 is 0 Å². The third-order valence-electron chi connectivity index (χ3n) is 4.05. The van der Waals surface area contributed by atoms with Gasteiger partial charge < -0.3 is 10.2 Å². The van der Waals surface area contributed by atoms with Crippen molar-refractivity contribution in [2.45, 2.75) is 25.2 Å². The van der Waals surface area contributed by atoms with Crippen LogP contribution in [-0.4, -0.2) is 26.7 Å². The summed E-state index contributed by atoms with van der Waals surface area (Å²) in [6, 6.07) is 7.13. The van der Waals surface area contributed by atoms with Crippen LogP contribution in [0.3, 0.4) is 0 Å². The summed E-state index contributed by atoms with van der Waals surface area (Å²) < 4.78 is 0. The van der Waals surface area contributed by atoms with E-state index in [-0.39, 0.29) is 0 Å². The summed E-state index contributed by atoms with van der Waals surface area (Å²) >= 11 is 0. The van der Waals surface area contributed by atoms with Crippen molar-refractivity contribution in [1.29, 1.82) is 0 Å². The standard InChI is InChI=1S/C14H20N2/c1-16-9-6-12-2-3-13(10-14(12)16)11-4-7-15-8-5-11/h2-3,10-11,15H,4-9H2,1H3. The van der Waals surface area contributed by atoms with E-state index in [0.29, 0.717) is 0 Å². The molecule has 0 bridgehead atoms. The van der Waals surface area contributed by atoms with E-state index in [1.807, 2.05) is 0 Å². The SMILES string of the molecule is CN1CCc2ccc(C3CCNCC3)cc21. The number of likely N-dealkylation sites (N-methyl/N-ethyl adjacent to an activating group) is 1. The molecule has 0 unspecified atom stereocenters. The zero-order chi connectivity index (χ0) is 11.0. The molecule has 2 aliphatic heterocycles. The van der Waals surface area contributed by atoms with Crippen LogP contribution < -0.4 is 10.2 Å². The Labute approximate surface area is 97.6 Å². The second kappa shape index (κ2) is 4.10. The van der Waals surface area contributed by atoms with Gasteiger partial charge in [-0.2, -0.15) is 0 Å². The lowest BCUT2D eigenvalue weighted by Crippen LogP contribution is -2.26. The Morgan fingerprint density at radius 2 is 2.06 bits per heavy atom. The summed E-state index contributed by atoms with van der Waals surface area (Å²) in [4.78, 5) is 2.39. The van der Waals surface area contributed by atoms with E-state index in [9.17, 15) is 0 Å². The smallest absolute Gasteiger partial charge is 0.0399 e. The van der Waals surface area contributed by atoms with Crippen molar-refractivity contribution >= 4 is 5.69 Å². The lowest BCUT2D eigenvalue weighted by Gasteiger charge is -2.24. The maximum absolute atomic E-state index is 3.44. The fourth-order valence-corrected chi connectivity index (χ4v) is 2.97. The van der Waals surface area contributed by atoms with E-state index in [2.05, 4.69) is 35.5 Å². The molecule has 16 heavy (non-hydrogen) atoms. The first-order valence-corrected chi connectivity index (χ1v) is 6.39. The second-order valence-corrected chi connectivity index (χ2v) is 5.08. The predicted molar refractivity (Wildman–Crippen MR) is 68.3 cm³/mol. The molecular weight excluding hydrogens is 196 g/mol. The molecule has 1 N–H and O–H groups in total. The Bertz CT molecular complexity index is 380. The van der Waals surface area contributed by atoms with Gasteiger partial charge in [-0.05, 0) is 55.5 Å². The van der Waals surface area contributed by atoms with E-state index < -0.39 is 0 Å². The molecule has 0 atom stereocenters. The van der Waals surface area contributed by atoms with Crippen LogP contribution in [0.15, 0.2) is 18.2 Å². The lowest BCUT2D eigenvalue weighted by molar-refractivity contribution is 0.460. The van der Waals surface area contributed by atoms with E-state index in [1.54, 1.807) is 5.56 Å². The van der Waals surface area contributed by atoms with Crippen LogP contribution in [0.25, 0.3) is 0 Å². The number of piperidine rings is 1. The Hall–Kier alpha value is -1.02. The van der Waals surface area contributed by atoms with Crippen LogP contribution in [0.5, 0.6) is 0 Å². The fourth-order valence-electron chi connectivity index (χ4n) is 2.97. The number of hydrogen-bond acceptors (Lipinski definition) is 2. The number of nitrogens with zero attached hydrogens (tertiary/aromatic N) is 1. The molecule has 0 radical (unpaired) electrons. The Morgan fingerprint density at radius 3 is 2.88 bits per heavy atom. The van der Waals surface area contributed by atoms with Crippen LogP contribution in [0, 0.1) is 0 Å².